The van der Waals surface area contributed by atoms with Gasteiger partial charge in [0.15, 0.2) is 0 Å². The van der Waals surface area contributed by atoms with Gasteiger partial charge in [0.25, 0.3) is 0 Å². The highest BCUT2D eigenvalue weighted by Crippen LogP contribution is 2.39. The molecule has 3 aromatic rings. The Morgan fingerprint density at radius 3 is 2.61 bits per heavy atom. The first kappa shape index (κ1) is 15.6. The molecule has 116 valence electrons. The zero-order chi connectivity index (χ0) is 16.6. The quantitative estimate of drug-likeness (QED) is 0.730. The fraction of sp³-hybridized carbons (Fsp3) is 0.0588. The summed E-state index contributed by atoms with van der Waals surface area (Å²) in [6.45, 7) is 0. The third-order valence-corrected chi connectivity index (χ3v) is 4.11. The van der Waals surface area contributed by atoms with Crippen LogP contribution in [-0.4, -0.2) is 23.2 Å². The van der Waals surface area contributed by atoms with Gasteiger partial charge in [-0.25, -0.2) is 4.79 Å². The Morgan fingerprint density at radius 1 is 1.13 bits per heavy atom. The topological polar surface area (TPSA) is 59.4 Å². The molecule has 1 aromatic heterocycles. The lowest BCUT2D eigenvalue weighted by Gasteiger charge is -2.13. The number of ether oxygens (including phenoxy) is 1. The van der Waals surface area contributed by atoms with Crippen molar-refractivity contribution in [2.24, 2.45) is 0 Å². The zero-order valence-corrected chi connectivity index (χ0v) is 13.5. The Morgan fingerprint density at radius 2 is 1.91 bits per heavy atom. The largest absolute Gasteiger partial charge is 0.494 e. The first-order chi connectivity index (χ1) is 11.0. The highest BCUT2D eigenvalue weighted by molar-refractivity contribution is 6.36. The predicted octanol–water partition coefficient (Wildman–Crippen LogP) is 4.92. The second kappa shape index (κ2) is 6.07. The molecule has 4 nitrogen and oxygen atoms in total. The zero-order valence-electron chi connectivity index (χ0n) is 12.0. The average molecular weight is 348 g/mol. The van der Waals surface area contributed by atoms with Crippen LogP contribution in [0, 0.1) is 0 Å². The SMILES string of the molecule is COc1c(Cl)cccc1-c1ncc(Cl)c2ccc(C(=O)O)cc12. The molecule has 0 radical (unpaired) electrons. The molecule has 0 amide bonds. The Labute approximate surface area is 142 Å². The van der Waals surface area contributed by atoms with Gasteiger partial charge in [0, 0.05) is 22.5 Å². The van der Waals surface area contributed by atoms with Crippen molar-refractivity contribution in [3.05, 3.63) is 58.2 Å². The summed E-state index contributed by atoms with van der Waals surface area (Å²) in [5, 5.41) is 11.5. The second-order valence-corrected chi connectivity index (χ2v) is 5.66. The van der Waals surface area contributed by atoms with Crippen LogP contribution in [0.5, 0.6) is 5.75 Å². The number of methoxy groups -OCH3 is 1. The van der Waals surface area contributed by atoms with Crippen molar-refractivity contribution in [1.29, 1.82) is 0 Å². The highest BCUT2D eigenvalue weighted by atomic mass is 35.5. The van der Waals surface area contributed by atoms with Gasteiger partial charge in [0.2, 0.25) is 0 Å². The number of nitrogens with zero attached hydrogens (tertiary/aromatic N) is 1. The van der Waals surface area contributed by atoms with Gasteiger partial charge < -0.3 is 9.84 Å². The summed E-state index contributed by atoms with van der Waals surface area (Å²) in [4.78, 5) is 15.6. The van der Waals surface area contributed by atoms with Crippen molar-refractivity contribution in [2.45, 2.75) is 0 Å². The molecule has 2 aromatic carbocycles. The van der Waals surface area contributed by atoms with Crippen LogP contribution >= 0.6 is 23.2 Å². The molecule has 0 saturated heterocycles. The molecular formula is C17H11Cl2NO3. The van der Waals surface area contributed by atoms with Gasteiger partial charge in [-0.3, -0.25) is 4.98 Å². The molecule has 0 fully saturated rings. The minimum Gasteiger partial charge on any atom is -0.494 e. The summed E-state index contributed by atoms with van der Waals surface area (Å²) in [6, 6.07) is 10.0. The van der Waals surface area contributed by atoms with Crippen LogP contribution in [-0.2, 0) is 0 Å². The van der Waals surface area contributed by atoms with Crippen molar-refractivity contribution in [1.82, 2.24) is 4.98 Å². The molecule has 0 aliphatic carbocycles. The molecule has 0 atom stereocenters. The molecule has 0 aliphatic heterocycles. The summed E-state index contributed by atoms with van der Waals surface area (Å²) >= 11 is 12.4. The van der Waals surface area contributed by atoms with Gasteiger partial charge >= 0.3 is 5.97 Å². The molecule has 1 N–H and O–H groups in total. The first-order valence-electron chi connectivity index (χ1n) is 6.67. The van der Waals surface area contributed by atoms with Crippen LogP contribution in [0.4, 0.5) is 0 Å². The van der Waals surface area contributed by atoms with Crippen LogP contribution in [0.1, 0.15) is 10.4 Å². The fourth-order valence-electron chi connectivity index (χ4n) is 2.46. The van der Waals surface area contributed by atoms with E-state index in [0.717, 1.165) is 0 Å². The maximum absolute atomic E-state index is 11.3. The van der Waals surface area contributed by atoms with Crippen molar-refractivity contribution in [3.63, 3.8) is 0 Å². The van der Waals surface area contributed by atoms with Crippen LogP contribution in [0.2, 0.25) is 10.0 Å². The monoisotopic (exact) mass is 347 g/mol. The number of halogens is 2. The number of rotatable bonds is 3. The van der Waals surface area contributed by atoms with Gasteiger partial charge in [0.1, 0.15) is 5.75 Å². The van der Waals surface area contributed by atoms with E-state index in [0.29, 0.717) is 37.8 Å². The summed E-state index contributed by atoms with van der Waals surface area (Å²) in [7, 11) is 1.52. The van der Waals surface area contributed by atoms with Crippen molar-refractivity contribution in [2.75, 3.05) is 7.11 Å². The maximum Gasteiger partial charge on any atom is 0.335 e. The third kappa shape index (κ3) is 2.71. The maximum atomic E-state index is 11.3. The lowest BCUT2D eigenvalue weighted by molar-refractivity contribution is 0.0697. The molecule has 0 bridgehead atoms. The van der Waals surface area contributed by atoms with Crippen LogP contribution < -0.4 is 4.74 Å². The van der Waals surface area contributed by atoms with E-state index in [1.165, 1.54) is 19.4 Å². The van der Waals surface area contributed by atoms with E-state index in [4.69, 9.17) is 27.9 Å². The van der Waals surface area contributed by atoms with Gasteiger partial charge in [-0.2, -0.15) is 0 Å². The number of carbonyl (C=O) groups is 1. The number of fused-ring (bicyclic) bond motifs is 1. The van der Waals surface area contributed by atoms with E-state index in [1.54, 1.807) is 24.3 Å². The smallest absolute Gasteiger partial charge is 0.335 e. The molecule has 0 spiro atoms. The molecule has 23 heavy (non-hydrogen) atoms. The van der Waals surface area contributed by atoms with Gasteiger partial charge in [-0.15, -0.1) is 0 Å². The summed E-state index contributed by atoms with van der Waals surface area (Å²) in [5.74, 6) is -0.540. The standard InChI is InChI=1S/C17H11Cl2NO3/c1-23-16-11(3-2-4-13(16)18)15-12-7-9(17(21)22)5-6-10(12)14(19)8-20-15/h2-8H,1H3,(H,21,22). The van der Waals surface area contributed by atoms with E-state index in [2.05, 4.69) is 4.98 Å². The van der Waals surface area contributed by atoms with Crippen molar-refractivity contribution < 1.29 is 14.6 Å². The lowest BCUT2D eigenvalue weighted by atomic mass is 10.0. The fourth-order valence-corrected chi connectivity index (χ4v) is 2.92. The highest BCUT2D eigenvalue weighted by Gasteiger charge is 2.16. The summed E-state index contributed by atoms with van der Waals surface area (Å²) in [5.41, 5.74) is 1.39. The van der Waals surface area contributed by atoms with E-state index in [1.807, 2.05) is 6.07 Å². The van der Waals surface area contributed by atoms with E-state index >= 15 is 0 Å². The lowest BCUT2D eigenvalue weighted by Crippen LogP contribution is -1.97. The van der Waals surface area contributed by atoms with Crippen molar-refractivity contribution >= 4 is 39.9 Å². The average Bonchev–Trinajstić information content (AvgIpc) is 2.54. The van der Waals surface area contributed by atoms with Gasteiger partial charge in [0.05, 0.1) is 28.4 Å². The first-order valence-corrected chi connectivity index (χ1v) is 7.43. The normalized spacial score (nSPS) is 10.7. The minimum atomic E-state index is -1.02. The number of aromatic nitrogens is 1. The number of carboxylic acids is 1. The minimum absolute atomic E-state index is 0.156. The molecule has 3 rings (SSSR count). The van der Waals surface area contributed by atoms with Gasteiger partial charge in [-0.05, 0) is 24.3 Å². The molecule has 0 aliphatic rings. The number of pyridine rings is 1. The third-order valence-electron chi connectivity index (χ3n) is 3.51. The Kier molecular flexibility index (Phi) is 4.11. The number of aromatic carboxylic acids is 1. The van der Waals surface area contributed by atoms with Crippen LogP contribution in [0.15, 0.2) is 42.6 Å². The molecular weight excluding hydrogens is 337 g/mol. The van der Waals surface area contributed by atoms with Crippen LogP contribution in [0.25, 0.3) is 22.0 Å². The predicted molar refractivity (Wildman–Crippen MR) is 90.7 cm³/mol. The van der Waals surface area contributed by atoms with Gasteiger partial charge in [-0.1, -0.05) is 35.3 Å². The number of hydrogen-bond donors (Lipinski definition) is 1. The molecule has 6 heteroatoms. The Hall–Kier alpha value is -2.30. The van der Waals surface area contributed by atoms with E-state index < -0.39 is 5.97 Å². The number of hydrogen-bond acceptors (Lipinski definition) is 3. The Bertz CT molecular complexity index is 925. The summed E-state index contributed by atoms with van der Waals surface area (Å²) in [6.07, 6.45) is 1.53. The number of para-hydroxylation sites is 1. The molecule has 0 unspecified atom stereocenters. The molecule has 1 heterocycles. The van der Waals surface area contributed by atoms with Crippen LogP contribution in [0.3, 0.4) is 0 Å². The second-order valence-electron chi connectivity index (χ2n) is 4.84. The van der Waals surface area contributed by atoms with E-state index in [-0.39, 0.29) is 5.56 Å². The summed E-state index contributed by atoms with van der Waals surface area (Å²) < 4.78 is 5.37. The Balaban J connectivity index is 2.38. The number of carboxylic acid groups (broad SMARTS) is 1. The molecule has 0 saturated carbocycles. The van der Waals surface area contributed by atoms with E-state index in [9.17, 15) is 9.90 Å². The number of benzene rings is 2. The van der Waals surface area contributed by atoms with Crippen molar-refractivity contribution in [3.8, 4) is 17.0 Å².